The van der Waals surface area contributed by atoms with Gasteiger partial charge < -0.3 is 10.6 Å². The molecule has 1 saturated carbocycles. The summed E-state index contributed by atoms with van der Waals surface area (Å²) in [6.07, 6.45) is 1.06. The molecule has 116 valence electrons. The fourth-order valence-corrected chi connectivity index (χ4v) is 2.62. The first-order valence-electron chi connectivity index (χ1n) is 7.30. The molecule has 1 aliphatic carbocycles. The van der Waals surface area contributed by atoms with E-state index in [1.165, 1.54) is 5.56 Å². The Labute approximate surface area is 137 Å². The van der Waals surface area contributed by atoms with Crippen LogP contribution in [-0.2, 0) is 6.54 Å². The average Bonchev–Trinajstić information content (AvgIpc) is 3.24. The zero-order chi connectivity index (χ0) is 14.8. The molecule has 2 unspecified atom stereocenters. The fourth-order valence-electron chi connectivity index (χ4n) is 2.62. The molecule has 0 radical (unpaired) electrons. The molecule has 0 heterocycles. The number of rotatable bonds is 4. The molecule has 0 spiro atoms. The van der Waals surface area contributed by atoms with Crippen LogP contribution in [0, 0.1) is 0 Å². The predicted octanol–water partition coefficient (Wildman–Crippen LogP) is 3.20. The van der Waals surface area contributed by atoms with Crippen molar-refractivity contribution in [1.82, 2.24) is 4.90 Å². The molecule has 4 heteroatoms. The summed E-state index contributed by atoms with van der Waals surface area (Å²) >= 11 is 0. The molecular formula is C18H21ClN2O. The Hall–Kier alpha value is -1.84. The molecule has 2 aromatic carbocycles. The van der Waals surface area contributed by atoms with Crippen LogP contribution in [0.3, 0.4) is 0 Å². The second-order valence-electron chi connectivity index (χ2n) is 5.77. The molecule has 2 aromatic rings. The molecule has 1 aliphatic rings. The van der Waals surface area contributed by atoms with Gasteiger partial charge >= 0.3 is 0 Å². The largest absolute Gasteiger partial charge is 0.337 e. The van der Waals surface area contributed by atoms with E-state index < -0.39 is 0 Å². The van der Waals surface area contributed by atoms with Crippen LogP contribution >= 0.6 is 12.4 Å². The highest BCUT2D eigenvalue weighted by Crippen LogP contribution is 2.38. The zero-order valence-electron chi connectivity index (χ0n) is 12.6. The molecule has 3 nitrogen and oxygen atoms in total. The monoisotopic (exact) mass is 316 g/mol. The van der Waals surface area contributed by atoms with Crippen LogP contribution in [0.25, 0.3) is 0 Å². The zero-order valence-corrected chi connectivity index (χ0v) is 13.4. The Balaban J connectivity index is 0.00000176. The summed E-state index contributed by atoms with van der Waals surface area (Å²) in [5.41, 5.74) is 8.96. The Kier molecular flexibility index (Phi) is 5.22. The van der Waals surface area contributed by atoms with Gasteiger partial charge in [-0.15, -0.1) is 12.4 Å². The normalized spacial score (nSPS) is 19.2. The van der Waals surface area contributed by atoms with Gasteiger partial charge in [-0.3, -0.25) is 4.79 Å². The highest BCUT2D eigenvalue weighted by molar-refractivity contribution is 5.94. The summed E-state index contributed by atoms with van der Waals surface area (Å²) < 4.78 is 0. The van der Waals surface area contributed by atoms with E-state index in [0.717, 1.165) is 17.5 Å². The molecule has 3 rings (SSSR count). The molecule has 0 bridgehead atoms. The van der Waals surface area contributed by atoms with E-state index in [0.29, 0.717) is 18.5 Å². The second-order valence-corrected chi connectivity index (χ2v) is 5.77. The van der Waals surface area contributed by atoms with Crippen molar-refractivity contribution in [2.24, 2.45) is 5.73 Å². The van der Waals surface area contributed by atoms with Crippen LogP contribution < -0.4 is 5.73 Å². The van der Waals surface area contributed by atoms with E-state index in [1.54, 1.807) is 4.90 Å². The van der Waals surface area contributed by atoms with Gasteiger partial charge in [-0.1, -0.05) is 42.5 Å². The van der Waals surface area contributed by atoms with Gasteiger partial charge in [0.15, 0.2) is 0 Å². The van der Waals surface area contributed by atoms with Gasteiger partial charge in [0, 0.05) is 31.1 Å². The quantitative estimate of drug-likeness (QED) is 0.941. The van der Waals surface area contributed by atoms with E-state index in [4.69, 9.17) is 5.73 Å². The third-order valence-corrected chi connectivity index (χ3v) is 4.03. The molecule has 2 N–H and O–H groups in total. The number of carbonyl (C=O) groups is 1. The molecule has 2 atom stereocenters. The first kappa shape index (κ1) is 16.5. The van der Waals surface area contributed by atoms with Crippen molar-refractivity contribution in [3.8, 4) is 0 Å². The lowest BCUT2D eigenvalue weighted by molar-refractivity contribution is 0.0785. The molecule has 0 aromatic heterocycles. The van der Waals surface area contributed by atoms with Gasteiger partial charge in [0.2, 0.25) is 0 Å². The van der Waals surface area contributed by atoms with Gasteiger partial charge in [0.25, 0.3) is 5.91 Å². The molecule has 0 saturated heterocycles. The third-order valence-electron chi connectivity index (χ3n) is 4.03. The average molecular weight is 317 g/mol. The Bertz CT molecular complexity index is 627. The van der Waals surface area contributed by atoms with Crippen molar-refractivity contribution in [2.45, 2.75) is 24.9 Å². The summed E-state index contributed by atoms with van der Waals surface area (Å²) in [5.74, 6) is 0.529. The number of carbonyl (C=O) groups excluding carboxylic acids is 1. The minimum absolute atomic E-state index is 0. The van der Waals surface area contributed by atoms with Gasteiger partial charge in [-0.25, -0.2) is 0 Å². The van der Waals surface area contributed by atoms with Crippen molar-refractivity contribution >= 4 is 18.3 Å². The first-order chi connectivity index (χ1) is 10.1. The topological polar surface area (TPSA) is 46.3 Å². The summed E-state index contributed by atoms with van der Waals surface area (Å²) in [6.45, 7) is 0.620. The summed E-state index contributed by atoms with van der Waals surface area (Å²) in [7, 11) is 1.83. The predicted molar refractivity (Wildman–Crippen MR) is 91.3 cm³/mol. The van der Waals surface area contributed by atoms with Crippen LogP contribution in [0.5, 0.6) is 0 Å². The van der Waals surface area contributed by atoms with Crippen molar-refractivity contribution in [1.29, 1.82) is 0 Å². The SMILES string of the molecule is CN(Cc1ccccc1)C(=O)c1ccc(C2CC2N)cc1.Cl. The highest BCUT2D eigenvalue weighted by Gasteiger charge is 2.34. The lowest BCUT2D eigenvalue weighted by atomic mass is 10.1. The Morgan fingerprint density at radius 3 is 2.27 bits per heavy atom. The van der Waals surface area contributed by atoms with Gasteiger partial charge in [-0.2, -0.15) is 0 Å². The lowest BCUT2D eigenvalue weighted by Gasteiger charge is -2.17. The fraction of sp³-hybridized carbons (Fsp3) is 0.278. The van der Waals surface area contributed by atoms with Crippen molar-refractivity contribution < 1.29 is 4.79 Å². The molecule has 1 amide bonds. The maximum absolute atomic E-state index is 12.4. The van der Waals surface area contributed by atoms with Crippen LogP contribution in [0.15, 0.2) is 54.6 Å². The minimum Gasteiger partial charge on any atom is -0.337 e. The Morgan fingerprint density at radius 1 is 1.14 bits per heavy atom. The van der Waals surface area contributed by atoms with E-state index in [1.807, 2.05) is 61.6 Å². The number of halogens is 1. The van der Waals surface area contributed by atoms with Crippen LogP contribution in [0.2, 0.25) is 0 Å². The lowest BCUT2D eigenvalue weighted by Crippen LogP contribution is -2.26. The van der Waals surface area contributed by atoms with E-state index in [-0.39, 0.29) is 18.3 Å². The summed E-state index contributed by atoms with van der Waals surface area (Å²) in [5, 5.41) is 0. The number of benzene rings is 2. The maximum atomic E-state index is 12.4. The maximum Gasteiger partial charge on any atom is 0.253 e. The van der Waals surface area contributed by atoms with Crippen molar-refractivity contribution in [2.75, 3.05) is 7.05 Å². The summed E-state index contributed by atoms with van der Waals surface area (Å²) in [4.78, 5) is 14.2. The van der Waals surface area contributed by atoms with Gasteiger partial charge in [0.05, 0.1) is 0 Å². The van der Waals surface area contributed by atoms with Crippen molar-refractivity contribution in [3.05, 3.63) is 71.3 Å². The minimum atomic E-state index is 0. The van der Waals surface area contributed by atoms with E-state index in [2.05, 4.69) is 0 Å². The first-order valence-corrected chi connectivity index (χ1v) is 7.30. The van der Waals surface area contributed by atoms with Crippen LogP contribution in [0.1, 0.15) is 33.8 Å². The molecular weight excluding hydrogens is 296 g/mol. The third kappa shape index (κ3) is 3.67. The van der Waals surface area contributed by atoms with Gasteiger partial charge in [-0.05, 0) is 29.7 Å². The van der Waals surface area contributed by atoms with E-state index >= 15 is 0 Å². The Morgan fingerprint density at radius 2 is 1.73 bits per heavy atom. The van der Waals surface area contributed by atoms with E-state index in [9.17, 15) is 4.79 Å². The highest BCUT2D eigenvalue weighted by atomic mass is 35.5. The number of nitrogens with two attached hydrogens (primary N) is 1. The number of amides is 1. The van der Waals surface area contributed by atoms with Gasteiger partial charge in [0.1, 0.15) is 0 Å². The number of hydrogen-bond acceptors (Lipinski definition) is 2. The molecule has 22 heavy (non-hydrogen) atoms. The smallest absolute Gasteiger partial charge is 0.253 e. The van der Waals surface area contributed by atoms with Crippen molar-refractivity contribution in [3.63, 3.8) is 0 Å². The second kappa shape index (κ2) is 6.95. The summed E-state index contributed by atoms with van der Waals surface area (Å²) in [6, 6.07) is 18.2. The number of nitrogens with zero attached hydrogens (tertiary/aromatic N) is 1. The standard InChI is InChI=1S/C18H20N2O.ClH/c1-20(12-13-5-3-2-4-6-13)18(21)15-9-7-14(8-10-15)16-11-17(16)19;/h2-10,16-17H,11-12,19H2,1H3;1H. The van der Waals surface area contributed by atoms with Crippen LogP contribution in [-0.4, -0.2) is 23.9 Å². The molecule has 1 fully saturated rings. The number of hydrogen-bond donors (Lipinski definition) is 1. The van der Waals surface area contributed by atoms with Crippen LogP contribution in [0.4, 0.5) is 0 Å². The molecule has 0 aliphatic heterocycles.